The summed E-state index contributed by atoms with van der Waals surface area (Å²) < 4.78 is 32.2. The van der Waals surface area contributed by atoms with E-state index in [2.05, 4.69) is 10.3 Å². The van der Waals surface area contributed by atoms with Crippen LogP contribution in [-0.2, 0) is 21.3 Å². The molecule has 1 aromatic rings. The normalized spacial score (nSPS) is 21.8. The van der Waals surface area contributed by atoms with Gasteiger partial charge in [0.1, 0.15) is 0 Å². The molecule has 2 N–H and O–H groups in total. The minimum absolute atomic E-state index is 0.0626. The number of H-pyrrole nitrogens is 1. The Morgan fingerprint density at radius 2 is 2.35 bits per heavy atom. The molecule has 1 saturated heterocycles. The van der Waals surface area contributed by atoms with Gasteiger partial charge >= 0.3 is 0 Å². The molecular weight excluding hydrogens is 278 g/mol. The summed E-state index contributed by atoms with van der Waals surface area (Å²) in [6.07, 6.45) is 2.24. The van der Waals surface area contributed by atoms with Crippen molar-refractivity contribution in [3.8, 4) is 0 Å². The van der Waals surface area contributed by atoms with Crippen LogP contribution in [0.4, 0.5) is 0 Å². The molecule has 1 fully saturated rings. The van der Waals surface area contributed by atoms with E-state index in [-0.39, 0.29) is 6.10 Å². The molecule has 2 heterocycles. The average molecular weight is 301 g/mol. The highest BCUT2D eigenvalue weighted by molar-refractivity contribution is 7.89. The van der Waals surface area contributed by atoms with Gasteiger partial charge in [-0.3, -0.25) is 0 Å². The molecule has 0 spiro atoms. The molecule has 1 atom stereocenters. The van der Waals surface area contributed by atoms with E-state index in [9.17, 15) is 8.42 Å². The smallest absolute Gasteiger partial charge is 0.244 e. The van der Waals surface area contributed by atoms with E-state index in [0.29, 0.717) is 31.1 Å². The summed E-state index contributed by atoms with van der Waals surface area (Å²) in [5.74, 6) is 0. The summed E-state index contributed by atoms with van der Waals surface area (Å²) in [5.41, 5.74) is 0.879. The maximum atomic E-state index is 12.6. The third kappa shape index (κ3) is 3.60. The van der Waals surface area contributed by atoms with Crippen LogP contribution in [0.15, 0.2) is 17.2 Å². The van der Waals surface area contributed by atoms with Crippen molar-refractivity contribution in [2.24, 2.45) is 0 Å². The Balaban J connectivity index is 2.14. The fraction of sp³-hybridized carbons (Fsp3) is 0.692. The summed E-state index contributed by atoms with van der Waals surface area (Å²) in [6.45, 7) is 6.96. The van der Waals surface area contributed by atoms with Gasteiger partial charge in [0.15, 0.2) is 0 Å². The molecular formula is C13H23N3O3S. The molecule has 0 aliphatic carbocycles. The number of hydrogen-bond acceptors (Lipinski definition) is 4. The summed E-state index contributed by atoms with van der Waals surface area (Å²) in [6, 6.07) is 1.70. The molecule has 6 nitrogen and oxygen atoms in total. The number of ether oxygens (including phenoxy) is 1. The van der Waals surface area contributed by atoms with Gasteiger partial charge in [-0.15, -0.1) is 0 Å². The fourth-order valence-corrected chi connectivity index (χ4v) is 3.83. The molecule has 0 radical (unpaired) electrons. The van der Waals surface area contributed by atoms with Crippen LogP contribution < -0.4 is 5.32 Å². The Labute approximate surface area is 120 Å². The van der Waals surface area contributed by atoms with Crippen molar-refractivity contribution in [1.29, 1.82) is 0 Å². The maximum absolute atomic E-state index is 12.6. The third-order valence-corrected chi connectivity index (χ3v) is 5.18. The van der Waals surface area contributed by atoms with Crippen molar-refractivity contribution in [2.45, 2.75) is 37.8 Å². The number of rotatable bonds is 5. The first kappa shape index (κ1) is 15.5. The number of aromatic nitrogens is 1. The van der Waals surface area contributed by atoms with Crippen molar-refractivity contribution in [3.05, 3.63) is 18.0 Å². The van der Waals surface area contributed by atoms with Gasteiger partial charge in [-0.2, -0.15) is 4.31 Å². The second-order valence-corrected chi connectivity index (χ2v) is 6.98. The van der Waals surface area contributed by atoms with E-state index in [1.807, 2.05) is 13.8 Å². The Morgan fingerprint density at radius 1 is 1.55 bits per heavy atom. The summed E-state index contributed by atoms with van der Waals surface area (Å²) in [4.78, 5) is 3.35. The van der Waals surface area contributed by atoms with Gasteiger partial charge in [0.05, 0.1) is 11.0 Å². The first-order chi connectivity index (χ1) is 9.54. The van der Waals surface area contributed by atoms with E-state index in [0.717, 1.165) is 18.7 Å². The average Bonchev–Trinajstić information content (AvgIpc) is 2.78. The van der Waals surface area contributed by atoms with Crippen molar-refractivity contribution < 1.29 is 13.2 Å². The number of hydrogen-bond donors (Lipinski definition) is 2. The van der Waals surface area contributed by atoms with Gasteiger partial charge < -0.3 is 15.0 Å². The van der Waals surface area contributed by atoms with Crippen molar-refractivity contribution in [2.75, 3.05) is 26.2 Å². The van der Waals surface area contributed by atoms with E-state index in [4.69, 9.17) is 4.74 Å². The highest BCUT2D eigenvalue weighted by atomic mass is 32.2. The molecule has 0 saturated carbocycles. The third-order valence-electron chi connectivity index (χ3n) is 3.33. The highest BCUT2D eigenvalue weighted by Gasteiger charge is 2.28. The van der Waals surface area contributed by atoms with Crippen LogP contribution in [-0.4, -0.2) is 50.1 Å². The minimum Gasteiger partial charge on any atom is -0.377 e. The van der Waals surface area contributed by atoms with Crippen molar-refractivity contribution in [3.63, 3.8) is 0 Å². The largest absolute Gasteiger partial charge is 0.377 e. The monoisotopic (exact) mass is 301 g/mol. The lowest BCUT2D eigenvalue weighted by Crippen LogP contribution is -2.35. The Bertz CT molecular complexity index is 527. The number of nitrogens with one attached hydrogen (secondary N) is 2. The zero-order chi connectivity index (χ0) is 14.6. The summed E-state index contributed by atoms with van der Waals surface area (Å²) in [7, 11) is -3.43. The molecule has 1 aliphatic heterocycles. The van der Waals surface area contributed by atoms with Crippen LogP contribution in [0.25, 0.3) is 0 Å². The van der Waals surface area contributed by atoms with Gasteiger partial charge in [-0.05, 0) is 26.0 Å². The van der Waals surface area contributed by atoms with E-state index in [1.54, 1.807) is 12.3 Å². The zero-order valence-corrected chi connectivity index (χ0v) is 12.9. The van der Waals surface area contributed by atoms with Gasteiger partial charge in [-0.25, -0.2) is 8.42 Å². The molecule has 0 amide bonds. The second kappa shape index (κ2) is 6.71. The molecule has 1 unspecified atom stereocenters. The number of sulfonamides is 1. The molecule has 1 aliphatic rings. The predicted octanol–water partition coefficient (Wildman–Crippen LogP) is 0.924. The van der Waals surface area contributed by atoms with Gasteiger partial charge in [0, 0.05) is 38.1 Å². The van der Waals surface area contributed by atoms with Crippen LogP contribution in [0.1, 0.15) is 26.0 Å². The lowest BCUT2D eigenvalue weighted by molar-refractivity contribution is 0.0752. The first-order valence-electron chi connectivity index (χ1n) is 7.03. The lowest BCUT2D eigenvalue weighted by atomic mass is 10.4. The standard InChI is InChI=1S/C13H23N3O3S/c1-3-14-8-12-7-13(9-15-12)20(17,18)16-5-4-6-19-11(2)10-16/h7,9,11,14-15H,3-6,8,10H2,1-2H3. The SMILES string of the molecule is CCNCc1cc(S(=O)(=O)N2CCCOC(C)C2)c[nH]1. The Morgan fingerprint density at radius 3 is 3.10 bits per heavy atom. The quantitative estimate of drug-likeness (QED) is 0.848. The van der Waals surface area contributed by atoms with Gasteiger partial charge in [-0.1, -0.05) is 6.92 Å². The van der Waals surface area contributed by atoms with Crippen molar-refractivity contribution >= 4 is 10.0 Å². The molecule has 7 heteroatoms. The molecule has 0 bridgehead atoms. The first-order valence-corrected chi connectivity index (χ1v) is 8.47. The van der Waals surface area contributed by atoms with Gasteiger partial charge in [0.25, 0.3) is 0 Å². The number of nitrogens with zero attached hydrogens (tertiary/aromatic N) is 1. The maximum Gasteiger partial charge on any atom is 0.244 e. The fourth-order valence-electron chi connectivity index (χ4n) is 2.25. The van der Waals surface area contributed by atoms with Crippen molar-refractivity contribution in [1.82, 2.24) is 14.6 Å². The van der Waals surface area contributed by atoms with Crippen LogP contribution in [0.2, 0.25) is 0 Å². The molecule has 2 rings (SSSR count). The highest BCUT2D eigenvalue weighted by Crippen LogP contribution is 2.19. The van der Waals surface area contributed by atoms with Gasteiger partial charge in [0.2, 0.25) is 10.0 Å². The Kier molecular flexibility index (Phi) is 5.20. The number of aromatic amines is 1. The Hall–Kier alpha value is -0.890. The predicted molar refractivity (Wildman–Crippen MR) is 77.0 cm³/mol. The van der Waals surface area contributed by atoms with E-state index < -0.39 is 10.0 Å². The summed E-state index contributed by atoms with van der Waals surface area (Å²) >= 11 is 0. The second-order valence-electron chi connectivity index (χ2n) is 5.04. The molecule has 114 valence electrons. The van der Waals surface area contributed by atoms with E-state index in [1.165, 1.54) is 4.31 Å². The molecule has 20 heavy (non-hydrogen) atoms. The topological polar surface area (TPSA) is 74.4 Å². The minimum atomic E-state index is -3.43. The lowest BCUT2D eigenvalue weighted by Gasteiger charge is -2.20. The zero-order valence-electron chi connectivity index (χ0n) is 12.1. The van der Waals surface area contributed by atoms with Crippen LogP contribution in [0, 0.1) is 0 Å². The summed E-state index contributed by atoms with van der Waals surface area (Å²) in [5, 5.41) is 3.17. The molecule has 1 aromatic heterocycles. The van der Waals surface area contributed by atoms with Crippen LogP contribution in [0.5, 0.6) is 0 Å². The van der Waals surface area contributed by atoms with Crippen LogP contribution in [0.3, 0.4) is 0 Å². The van der Waals surface area contributed by atoms with Crippen LogP contribution >= 0.6 is 0 Å². The van der Waals surface area contributed by atoms with E-state index >= 15 is 0 Å². The molecule has 0 aromatic carbocycles.